The zero-order chi connectivity index (χ0) is 15.9. The summed E-state index contributed by atoms with van der Waals surface area (Å²) in [7, 11) is 0. The lowest BCUT2D eigenvalue weighted by atomic mass is 10.2. The summed E-state index contributed by atoms with van der Waals surface area (Å²) in [4.78, 5) is 27.1. The number of aromatic nitrogens is 1. The van der Waals surface area contributed by atoms with Crippen LogP contribution in [0.4, 0.5) is 4.39 Å². The van der Waals surface area contributed by atoms with Crippen LogP contribution in [-0.4, -0.2) is 23.5 Å². The van der Waals surface area contributed by atoms with Crippen LogP contribution >= 0.6 is 15.9 Å². The Bertz CT molecular complexity index is 694. The minimum absolute atomic E-state index is 0.0293. The van der Waals surface area contributed by atoms with Gasteiger partial charge >= 0.3 is 5.97 Å². The number of carbonyl (C=O) groups is 2. The molecule has 7 heteroatoms. The van der Waals surface area contributed by atoms with E-state index in [4.69, 9.17) is 4.74 Å². The predicted molar refractivity (Wildman–Crippen MR) is 80.5 cm³/mol. The summed E-state index contributed by atoms with van der Waals surface area (Å²) in [6.45, 7) is -0.415. The van der Waals surface area contributed by atoms with Crippen LogP contribution in [0, 0.1) is 5.82 Å². The van der Waals surface area contributed by atoms with E-state index in [2.05, 4.69) is 26.2 Å². The Morgan fingerprint density at radius 1 is 1.27 bits per heavy atom. The Labute approximate surface area is 134 Å². The van der Waals surface area contributed by atoms with Crippen molar-refractivity contribution < 1.29 is 18.7 Å². The first kappa shape index (κ1) is 16.1. The summed E-state index contributed by atoms with van der Waals surface area (Å²) in [6.07, 6.45) is 2.86. The molecule has 1 aromatic carbocycles. The fourth-order valence-electron chi connectivity index (χ4n) is 1.62. The lowest BCUT2D eigenvalue weighted by molar-refractivity contribution is -0.124. The third-order valence-electron chi connectivity index (χ3n) is 2.71. The quantitative estimate of drug-likeness (QED) is 0.825. The summed E-state index contributed by atoms with van der Waals surface area (Å²) >= 11 is 3.18. The molecule has 0 unspecified atom stereocenters. The number of nitrogens with one attached hydrogen (secondary N) is 1. The van der Waals surface area contributed by atoms with Crippen LogP contribution in [0.2, 0.25) is 0 Å². The van der Waals surface area contributed by atoms with E-state index in [1.807, 2.05) is 0 Å². The van der Waals surface area contributed by atoms with Crippen molar-refractivity contribution in [3.63, 3.8) is 0 Å². The molecule has 0 aliphatic heterocycles. The topological polar surface area (TPSA) is 68.3 Å². The highest BCUT2D eigenvalue weighted by molar-refractivity contribution is 9.10. The largest absolute Gasteiger partial charge is 0.452 e. The smallest absolute Gasteiger partial charge is 0.340 e. The second kappa shape index (κ2) is 7.65. The van der Waals surface area contributed by atoms with Gasteiger partial charge in [-0.1, -0.05) is 18.2 Å². The maximum Gasteiger partial charge on any atom is 0.340 e. The first-order valence-electron chi connectivity index (χ1n) is 6.34. The van der Waals surface area contributed by atoms with Crippen LogP contribution < -0.4 is 5.32 Å². The molecule has 1 heterocycles. The molecule has 2 rings (SSSR count). The van der Waals surface area contributed by atoms with Crippen LogP contribution in [0.5, 0.6) is 0 Å². The maximum atomic E-state index is 13.4. The fraction of sp³-hybridized carbons (Fsp3) is 0.133. The van der Waals surface area contributed by atoms with Gasteiger partial charge in [-0.25, -0.2) is 9.18 Å². The lowest BCUT2D eigenvalue weighted by Crippen LogP contribution is -2.28. The van der Waals surface area contributed by atoms with Gasteiger partial charge in [0.2, 0.25) is 0 Å². The van der Waals surface area contributed by atoms with Crippen molar-refractivity contribution >= 4 is 27.8 Å². The Kier molecular flexibility index (Phi) is 5.60. The van der Waals surface area contributed by atoms with Gasteiger partial charge in [-0.05, 0) is 28.1 Å². The van der Waals surface area contributed by atoms with Crippen molar-refractivity contribution in [1.82, 2.24) is 10.3 Å². The van der Waals surface area contributed by atoms with E-state index in [0.717, 1.165) is 0 Å². The number of halogens is 2. The molecule has 1 N–H and O–H groups in total. The Morgan fingerprint density at radius 3 is 2.77 bits per heavy atom. The van der Waals surface area contributed by atoms with E-state index < -0.39 is 24.3 Å². The number of pyridine rings is 1. The number of rotatable bonds is 5. The van der Waals surface area contributed by atoms with Crippen LogP contribution in [0.1, 0.15) is 15.9 Å². The molecule has 22 heavy (non-hydrogen) atoms. The SMILES string of the molecule is O=C(COC(=O)c1cncc(Br)c1)NCc1ccccc1F. The number of amides is 1. The van der Waals surface area contributed by atoms with E-state index in [9.17, 15) is 14.0 Å². The average Bonchev–Trinajstić information content (AvgIpc) is 2.52. The number of esters is 1. The molecule has 0 saturated carbocycles. The van der Waals surface area contributed by atoms with Crippen molar-refractivity contribution in [2.24, 2.45) is 0 Å². The highest BCUT2D eigenvalue weighted by Crippen LogP contribution is 2.10. The van der Waals surface area contributed by atoms with E-state index in [1.165, 1.54) is 24.5 Å². The second-order valence-corrected chi connectivity index (χ2v) is 5.25. The fourth-order valence-corrected chi connectivity index (χ4v) is 1.99. The standard InChI is InChI=1S/C15H12BrFN2O3/c16-12-5-11(6-18-8-12)15(21)22-9-14(20)19-7-10-3-1-2-4-13(10)17/h1-6,8H,7,9H2,(H,19,20). The van der Waals surface area contributed by atoms with Crippen molar-refractivity contribution in [2.75, 3.05) is 6.61 Å². The Balaban J connectivity index is 1.81. The normalized spacial score (nSPS) is 10.1. The molecule has 0 saturated heterocycles. The third kappa shape index (κ3) is 4.63. The molecule has 2 aromatic rings. The van der Waals surface area contributed by atoms with Gasteiger partial charge in [-0.3, -0.25) is 9.78 Å². The van der Waals surface area contributed by atoms with Gasteiger partial charge in [0.05, 0.1) is 5.56 Å². The van der Waals surface area contributed by atoms with Crippen LogP contribution in [0.3, 0.4) is 0 Å². The minimum Gasteiger partial charge on any atom is -0.452 e. The number of carbonyl (C=O) groups excluding carboxylic acids is 2. The average molecular weight is 367 g/mol. The second-order valence-electron chi connectivity index (χ2n) is 4.34. The molecule has 0 fully saturated rings. The van der Waals surface area contributed by atoms with E-state index in [0.29, 0.717) is 10.0 Å². The summed E-state index contributed by atoms with van der Waals surface area (Å²) in [5.41, 5.74) is 0.592. The monoisotopic (exact) mass is 366 g/mol. The number of hydrogen-bond donors (Lipinski definition) is 1. The minimum atomic E-state index is -0.658. The first-order valence-corrected chi connectivity index (χ1v) is 7.13. The van der Waals surface area contributed by atoms with Gasteiger partial charge in [0, 0.05) is 29.0 Å². The van der Waals surface area contributed by atoms with Gasteiger partial charge in [-0.2, -0.15) is 0 Å². The van der Waals surface area contributed by atoms with Gasteiger partial charge in [-0.15, -0.1) is 0 Å². The number of nitrogens with zero attached hydrogens (tertiary/aromatic N) is 1. The molecule has 0 radical (unpaired) electrons. The Morgan fingerprint density at radius 2 is 2.05 bits per heavy atom. The van der Waals surface area contributed by atoms with E-state index in [-0.39, 0.29) is 12.1 Å². The highest BCUT2D eigenvalue weighted by Gasteiger charge is 2.11. The summed E-state index contributed by atoms with van der Waals surface area (Å²) in [5.74, 6) is -1.57. The van der Waals surface area contributed by atoms with Crippen LogP contribution in [0.25, 0.3) is 0 Å². The summed E-state index contributed by atoms with van der Waals surface area (Å²) < 4.78 is 18.9. The zero-order valence-corrected chi connectivity index (χ0v) is 13.0. The van der Waals surface area contributed by atoms with Crippen LogP contribution in [-0.2, 0) is 16.1 Å². The molecule has 1 amide bonds. The van der Waals surface area contributed by atoms with Crippen LogP contribution in [0.15, 0.2) is 47.2 Å². The molecule has 0 aliphatic carbocycles. The molecule has 0 bridgehead atoms. The van der Waals surface area contributed by atoms with E-state index >= 15 is 0 Å². The third-order valence-corrected chi connectivity index (χ3v) is 3.14. The lowest BCUT2D eigenvalue weighted by Gasteiger charge is -2.07. The predicted octanol–water partition coefficient (Wildman–Crippen LogP) is 2.46. The number of benzene rings is 1. The van der Waals surface area contributed by atoms with Gasteiger partial charge in [0.25, 0.3) is 5.91 Å². The van der Waals surface area contributed by atoms with Crippen molar-refractivity contribution in [2.45, 2.75) is 6.54 Å². The molecule has 0 atom stereocenters. The first-order chi connectivity index (χ1) is 10.6. The molecule has 0 spiro atoms. The van der Waals surface area contributed by atoms with Crippen molar-refractivity contribution in [3.8, 4) is 0 Å². The summed E-state index contributed by atoms with van der Waals surface area (Å²) in [5, 5.41) is 2.48. The van der Waals surface area contributed by atoms with E-state index in [1.54, 1.807) is 18.2 Å². The highest BCUT2D eigenvalue weighted by atomic mass is 79.9. The van der Waals surface area contributed by atoms with Crippen molar-refractivity contribution in [3.05, 3.63) is 64.1 Å². The molecule has 5 nitrogen and oxygen atoms in total. The molecule has 114 valence electrons. The number of ether oxygens (including phenoxy) is 1. The van der Waals surface area contributed by atoms with Gasteiger partial charge in [0.1, 0.15) is 5.82 Å². The Hall–Kier alpha value is -2.28. The molecule has 0 aliphatic rings. The van der Waals surface area contributed by atoms with Crippen molar-refractivity contribution in [1.29, 1.82) is 0 Å². The van der Waals surface area contributed by atoms with Gasteiger partial charge < -0.3 is 10.1 Å². The molecular formula is C15H12BrFN2O3. The number of hydrogen-bond acceptors (Lipinski definition) is 4. The zero-order valence-electron chi connectivity index (χ0n) is 11.4. The maximum absolute atomic E-state index is 13.4. The van der Waals surface area contributed by atoms with Gasteiger partial charge in [0.15, 0.2) is 6.61 Å². The summed E-state index contributed by atoms with van der Waals surface area (Å²) in [6, 6.07) is 7.64. The molecule has 1 aromatic heterocycles. The molecular weight excluding hydrogens is 355 g/mol.